The smallest absolute Gasteiger partial charge is 0.0692 e. The molecule has 0 aliphatic carbocycles. The largest absolute Gasteiger partial charge is 0.333 e. The van der Waals surface area contributed by atoms with E-state index in [1.807, 2.05) is 0 Å². The number of hydrogen-bond donors (Lipinski definition) is 0. The second-order valence-electron chi connectivity index (χ2n) is 32.2. The van der Waals surface area contributed by atoms with Crippen molar-refractivity contribution in [3.05, 3.63) is 376 Å². The van der Waals surface area contributed by atoms with Crippen molar-refractivity contribution in [2.75, 3.05) is 0 Å². The summed E-state index contributed by atoms with van der Waals surface area (Å²) in [5.74, 6) is 0. The fourth-order valence-corrected chi connectivity index (χ4v) is 19.3. The Bertz CT molecular complexity index is 4880. The molecule has 0 saturated carbocycles. The minimum absolute atomic E-state index is 0.654. The predicted octanol–water partition coefficient (Wildman–Crippen LogP) is 25.1. The Morgan fingerprint density at radius 3 is 0.259 bits per heavy atom. The molecular weight excluding hydrogens is 1360 g/mol. The Labute approximate surface area is 662 Å². The van der Waals surface area contributed by atoms with E-state index < -0.39 is 0 Å². The molecule has 0 radical (unpaired) electrons. The minimum atomic E-state index is 0.654. The molecule has 8 heteroatoms. The van der Waals surface area contributed by atoms with Crippen molar-refractivity contribution in [2.45, 2.75) is 163 Å². The van der Waals surface area contributed by atoms with Gasteiger partial charge in [-0.15, -0.1) is 0 Å². The summed E-state index contributed by atoms with van der Waals surface area (Å²) in [6.07, 6.45) is 0. The third-order valence-corrected chi connectivity index (χ3v) is 25.8. The van der Waals surface area contributed by atoms with Crippen LogP contribution in [-0.4, -0.2) is 36.5 Å². The van der Waals surface area contributed by atoms with Gasteiger partial charge in [0.2, 0.25) is 0 Å². The van der Waals surface area contributed by atoms with Crippen molar-refractivity contribution >= 4 is 0 Å². The first-order valence-electron chi connectivity index (χ1n) is 40.2. The summed E-state index contributed by atoms with van der Waals surface area (Å²) in [6, 6.07) is 90.1. The molecule has 112 heavy (non-hydrogen) atoms. The minimum Gasteiger partial charge on any atom is -0.333 e. The molecule has 0 amide bonds. The highest BCUT2D eigenvalue weighted by molar-refractivity contribution is 5.90. The van der Waals surface area contributed by atoms with Gasteiger partial charge < -0.3 is 36.5 Å². The van der Waals surface area contributed by atoms with Gasteiger partial charge in [-0.1, -0.05) is 243 Å². The van der Waals surface area contributed by atoms with Crippen LogP contribution < -0.4 is 0 Å². The summed E-state index contributed by atoms with van der Waals surface area (Å²) in [5.41, 5.74) is 50.4. The van der Waals surface area contributed by atoms with E-state index in [1.165, 1.54) is 225 Å². The van der Waals surface area contributed by atoms with Gasteiger partial charge in [-0.2, -0.15) is 0 Å². The summed E-state index contributed by atoms with van der Waals surface area (Å²) in [5, 5.41) is 0. The second-order valence-corrected chi connectivity index (χ2v) is 32.2. The number of rotatable bonds is 16. The lowest BCUT2D eigenvalue weighted by molar-refractivity contribution is 0.741. The zero-order valence-electron chi connectivity index (χ0n) is 68.3. The van der Waals surface area contributed by atoms with E-state index in [-0.39, 0.29) is 0 Å². The third kappa shape index (κ3) is 12.1. The molecule has 0 atom stereocenters. The maximum atomic E-state index is 2.76. The molecule has 17 rings (SSSR count). The van der Waals surface area contributed by atoms with Crippen LogP contribution in [0.15, 0.2) is 243 Å². The molecule has 16 aromatic rings. The van der Waals surface area contributed by atoms with Crippen LogP contribution in [0.2, 0.25) is 0 Å². The molecule has 0 saturated heterocycles. The van der Waals surface area contributed by atoms with Crippen LogP contribution in [0.3, 0.4) is 0 Å². The van der Waals surface area contributed by atoms with Crippen molar-refractivity contribution in [3.8, 4) is 91.1 Å². The van der Waals surface area contributed by atoms with Crippen LogP contribution >= 0.6 is 0 Å². The first-order chi connectivity index (χ1) is 54.3. The molecule has 0 fully saturated rings. The number of benzene rings is 8. The number of hydrogen-bond acceptors (Lipinski definition) is 0. The fourth-order valence-electron chi connectivity index (χ4n) is 19.3. The molecule has 16 bridgehead atoms. The van der Waals surface area contributed by atoms with E-state index >= 15 is 0 Å². The summed E-state index contributed by atoms with van der Waals surface area (Å²) in [6.45, 7) is 44.1. The standard InChI is InChI=1S/C104H104N8/c1-65-66(2)90-92-69(5)70(6)95(107(92)59-83-45-29-19-30-46-83)96-73(9)74(10)99(109(96)61-85-49-33-21-34-50-85)100-77(13)78(14)103(111(100)63-87-53-37-23-38-54-87)104-80(16)79(15)102(112(104)64-88-55-39-24-40-56-88)101-76(12)75(11)98(110(101)62-86-51-35-22-36-52-86)97-72(8)71(7)94(108(97)60-84-47-31-20-32-48-84)93-68(4)67(3)91(106(93)58-82-43-27-18-28-44-82)89(65)105(90)57-81-41-25-17-26-42-81/h17-56H,57-64H2,1-16H3. The van der Waals surface area contributed by atoms with Gasteiger partial charge in [-0.25, -0.2) is 0 Å². The van der Waals surface area contributed by atoms with Crippen molar-refractivity contribution in [2.24, 2.45) is 0 Å². The zero-order valence-corrected chi connectivity index (χ0v) is 68.3. The van der Waals surface area contributed by atoms with Crippen LogP contribution in [0, 0.1) is 111 Å². The Hall–Kier alpha value is -12.0. The van der Waals surface area contributed by atoms with Crippen LogP contribution in [0.5, 0.6) is 0 Å². The highest BCUT2D eigenvalue weighted by Gasteiger charge is 2.39. The lowest BCUT2D eigenvalue weighted by Crippen LogP contribution is -2.15. The summed E-state index contributed by atoms with van der Waals surface area (Å²) in [7, 11) is 0. The van der Waals surface area contributed by atoms with Gasteiger partial charge in [0.1, 0.15) is 0 Å². The van der Waals surface area contributed by atoms with Gasteiger partial charge in [-0.05, 0) is 244 Å². The summed E-state index contributed by atoms with van der Waals surface area (Å²) < 4.78 is 22.1. The highest BCUT2D eigenvalue weighted by atomic mass is 15.2. The first kappa shape index (κ1) is 72.8. The lowest BCUT2D eigenvalue weighted by atomic mass is 10.0. The van der Waals surface area contributed by atoms with Gasteiger partial charge in [0, 0.05) is 52.4 Å². The molecule has 0 N–H and O–H groups in total. The molecule has 0 spiro atoms. The van der Waals surface area contributed by atoms with E-state index in [4.69, 9.17) is 0 Å². The van der Waals surface area contributed by atoms with Gasteiger partial charge in [0.25, 0.3) is 0 Å². The van der Waals surface area contributed by atoms with E-state index in [1.54, 1.807) is 0 Å². The van der Waals surface area contributed by atoms with Crippen molar-refractivity contribution in [1.82, 2.24) is 36.5 Å². The molecule has 1 aliphatic rings. The molecular formula is C104H104N8. The quantitative estimate of drug-likeness (QED) is 0.0925. The lowest BCUT2D eigenvalue weighted by Gasteiger charge is -2.23. The number of nitrogens with zero attached hydrogens (tertiary/aromatic N) is 8. The van der Waals surface area contributed by atoms with Crippen LogP contribution in [-0.2, 0) is 52.4 Å². The predicted molar refractivity (Wildman–Crippen MR) is 468 cm³/mol. The molecule has 8 aromatic heterocycles. The number of aromatic nitrogens is 8. The normalized spacial score (nSPS) is 11.9. The van der Waals surface area contributed by atoms with E-state index in [2.05, 4.69) is 390 Å². The molecule has 8 nitrogen and oxygen atoms in total. The molecule has 9 heterocycles. The van der Waals surface area contributed by atoms with Crippen LogP contribution in [0.4, 0.5) is 0 Å². The fraction of sp³-hybridized carbons (Fsp3) is 0.231. The van der Waals surface area contributed by atoms with Crippen LogP contribution in [0.1, 0.15) is 134 Å². The first-order valence-corrected chi connectivity index (χ1v) is 40.2. The van der Waals surface area contributed by atoms with Crippen molar-refractivity contribution < 1.29 is 0 Å². The topological polar surface area (TPSA) is 39.4 Å². The Morgan fingerprint density at radius 2 is 0.188 bits per heavy atom. The Kier molecular flexibility index (Phi) is 19.1. The average molecular weight is 1470 g/mol. The van der Waals surface area contributed by atoms with Gasteiger partial charge in [0.05, 0.1) is 91.1 Å². The van der Waals surface area contributed by atoms with Crippen molar-refractivity contribution in [3.63, 3.8) is 0 Å². The SMILES string of the molecule is Cc1c(C)c2n(Cc3ccccc3)c1-c1c(C)c(C)c(n1Cc1ccccc1)-c1c(C)c(C)c(n1Cc1ccccc1)-c1c(C)c(C)c(n1Cc1ccccc1)-c1c(C)c(C)c(n1Cc1ccccc1)-c1c(C)c(C)c(n1Cc1ccccc1)-c1c(C)c(C)c(n1Cc1ccccc1)-c1c(C)c(C)c-2n1Cc1ccccc1. The molecule has 1 aliphatic heterocycles. The second kappa shape index (κ2) is 29.3. The molecule has 560 valence electrons. The molecule has 8 aromatic carbocycles. The summed E-state index contributed by atoms with van der Waals surface area (Å²) in [4.78, 5) is 0. The van der Waals surface area contributed by atoms with Crippen LogP contribution in [0.25, 0.3) is 91.1 Å². The van der Waals surface area contributed by atoms with E-state index in [9.17, 15) is 0 Å². The van der Waals surface area contributed by atoms with Crippen molar-refractivity contribution in [1.29, 1.82) is 0 Å². The molecule has 0 unspecified atom stereocenters. The summed E-state index contributed by atoms with van der Waals surface area (Å²) >= 11 is 0. The Morgan fingerprint density at radius 1 is 0.116 bits per heavy atom. The Balaban J connectivity index is 1.10. The average Bonchev–Trinajstić information content (AvgIpc) is 1.52. The third-order valence-electron chi connectivity index (χ3n) is 25.8. The van der Waals surface area contributed by atoms with E-state index in [0.29, 0.717) is 52.4 Å². The maximum Gasteiger partial charge on any atom is 0.0692 e. The van der Waals surface area contributed by atoms with Gasteiger partial charge in [-0.3, -0.25) is 0 Å². The highest BCUT2D eigenvalue weighted by Crippen LogP contribution is 2.53. The maximum absolute atomic E-state index is 2.76. The van der Waals surface area contributed by atoms with Gasteiger partial charge >= 0.3 is 0 Å². The van der Waals surface area contributed by atoms with E-state index in [0.717, 1.165) is 0 Å². The number of fused-ring (bicyclic) bond motifs is 24. The monoisotopic (exact) mass is 1460 g/mol. The van der Waals surface area contributed by atoms with Gasteiger partial charge in [0.15, 0.2) is 0 Å². The zero-order chi connectivity index (χ0) is 77.7.